The number of aryl methyl sites for hydroxylation is 1. The SMILES string of the molecule is CC.COC(=O)c1n[nH]c2ccc(C)cc12. The Labute approximate surface area is 94.6 Å². The Morgan fingerprint density at radius 1 is 1.38 bits per heavy atom. The quantitative estimate of drug-likeness (QED) is 0.752. The van der Waals surface area contributed by atoms with Crippen molar-refractivity contribution < 1.29 is 9.53 Å². The molecule has 0 aliphatic carbocycles. The van der Waals surface area contributed by atoms with Gasteiger partial charge in [0.25, 0.3) is 0 Å². The molecule has 4 heteroatoms. The van der Waals surface area contributed by atoms with Gasteiger partial charge in [0, 0.05) is 5.39 Å². The van der Waals surface area contributed by atoms with Crippen LogP contribution in [0.4, 0.5) is 0 Å². The minimum atomic E-state index is -0.415. The maximum absolute atomic E-state index is 11.3. The summed E-state index contributed by atoms with van der Waals surface area (Å²) in [5.74, 6) is -0.415. The molecule has 0 spiro atoms. The first-order chi connectivity index (χ1) is 7.72. The molecule has 86 valence electrons. The number of aromatic amines is 1. The summed E-state index contributed by atoms with van der Waals surface area (Å²) >= 11 is 0. The standard InChI is InChI=1S/C10H10N2O2.C2H6/c1-6-3-4-8-7(5-6)9(12-11-8)10(13)14-2;1-2/h3-5H,1-2H3,(H,11,12);1-2H3. The molecule has 4 nitrogen and oxygen atoms in total. The molecular weight excluding hydrogens is 204 g/mol. The third kappa shape index (κ3) is 2.21. The summed E-state index contributed by atoms with van der Waals surface area (Å²) in [5, 5.41) is 7.49. The molecule has 0 radical (unpaired) electrons. The van der Waals surface area contributed by atoms with E-state index in [1.807, 2.05) is 39.0 Å². The second-order valence-corrected chi connectivity index (χ2v) is 3.11. The van der Waals surface area contributed by atoms with Gasteiger partial charge in [-0.25, -0.2) is 4.79 Å². The van der Waals surface area contributed by atoms with E-state index in [4.69, 9.17) is 0 Å². The van der Waals surface area contributed by atoms with Crippen LogP contribution in [0.5, 0.6) is 0 Å². The third-order valence-electron chi connectivity index (χ3n) is 2.10. The first kappa shape index (κ1) is 12.2. The van der Waals surface area contributed by atoms with E-state index >= 15 is 0 Å². The minimum absolute atomic E-state index is 0.339. The van der Waals surface area contributed by atoms with Crippen molar-refractivity contribution in [3.63, 3.8) is 0 Å². The molecule has 0 aliphatic heterocycles. The molecule has 1 aromatic carbocycles. The van der Waals surface area contributed by atoms with E-state index in [2.05, 4.69) is 14.9 Å². The molecule has 0 fully saturated rings. The number of rotatable bonds is 1. The van der Waals surface area contributed by atoms with Crippen LogP contribution in [0, 0.1) is 6.92 Å². The number of methoxy groups -OCH3 is 1. The fourth-order valence-electron chi connectivity index (χ4n) is 1.38. The molecular formula is C12H16N2O2. The summed E-state index contributed by atoms with van der Waals surface area (Å²) in [4.78, 5) is 11.3. The lowest BCUT2D eigenvalue weighted by molar-refractivity contribution is 0.0596. The summed E-state index contributed by atoms with van der Waals surface area (Å²) in [6.45, 7) is 5.97. The van der Waals surface area contributed by atoms with Gasteiger partial charge in [-0.15, -0.1) is 0 Å². The number of nitrogens with one attached hydrogen (secondary N) is 1. The molecule has 0 unspecified atom stereocenters. The summed E-state index contributed by atoms with van der Waals surface area (Å²) in [7, 11) is 1.35. The lowest BCUT2D eigenvalue weighted by Crippen LogP contribution is -2.01. The highest BCUT2D eigenvalue weighted by Gasteiger charge is 2.13. The van der Waals surface area contributed by atoms with Crippen molar-refractivity contribution >= 4 is 16.9 Å². The van der Waals surface area contributed by atoms with Crippen LogP contribution in [0.2, 0.25) is 0 Å². The molecule has 0 amide bonds. The Bertz CT molecular complexity index is 489. The number of carbonyl (C=O) groups excluding carboxylic acids is 1. The molecule has 0 saturated carbocycles. The van der Waals surface area contributed by atoms with Crippen LogP contribution in [-0.2, 0) is 4.74 Å². The van der Waals surface area contributed by atoms with E-state index in [-0.39, 0.29) is 0 Å². The van der Waals surface area contributed by atoms with Gasteiger partial charge >= 0.3 is 5.97 Å². The van der Waals surface area contributed by atoms with E-state index in [9.17, 15) is 4.79 Å². The number of H-pyrrole nitrogens is 1. The van der Waals surface area contributed by atoms with Gasteiger partial charge in [0.15, 0.2) is 5.69 Å². The number of hydrogen-bond acceptors (Lipinski definition) is 3. The molecule has 0 aliphatic rings. The Hall–Kier alpha value is -1.84. The van der Waals surface area contributed by atoms with Crippen LogP contribution < -0.4 is 0 Å². The molecule has 0 saturated heterocycles. The highest BCUT2D eigenvalue weighted by molar-refractivity contribution is 6.01. The van der Waals surface area contributed by atoms with Gasteiger partial charge in [-0.3, -0.25) is 5.10 Å². The number of ether oxygens (including phenoxy) is 1. The van der Waals surface area contributed by atoms with Crippen molar-refractivity contribution in [2.45, 2.75) is 20.8 Å². The predicted octanol–water partition coefficient (Wildman–Crippen LogP) is 2.68. The number of benzene rings is 1. The average Bonchev–Trinajstić information content (AvgIpc) is 2.73. The fourth-order valence-corrected chi connectivity index (χ4v) is 1.38. The Morgan fingerprint density at radius 3 is 2.69 bits per heavy atom. The van der Waals surface area contributed by atoms with E-state index < -0.39 is 5.97 Å². The second kappa shape index (κ2) is 5.30. The maximum atomic E-state index is 11.3. The van der Waals surface area contributed by atoms with Crippen LogP contribution in [0.15, 0.2) is 18.2 Å². The Balaban J connectivity index is 0.000000606. The number of esters is 1. The Morgan fingerprint density at radius 2 is 2.06 bits per heavy atom. The molecule has 1 aromatic heterocycles. The smallest absolute Gasteiger partial charge is 0.359 e. The number of carbonyl (C=O) groups is 1. The van der Waals surface area contributed by atoms with Crippen molar-refractivity contribution in [2.75, 3.05) is 7.11 Å². The average molecular weight is 220 g/mol. The van der Waals surface area contributed by atoms with E-state index in [0.29, 0.717) is 5.69 Å². The van der Waals surface area contributed by atoms with Crippen LogP contribution in [0.3, 0.4) is 0 Å². The van der Waals surface area contributed by atoms with Crippen LogP contribution in [0.25, 0.3) is 10.9 Å². The second-order valence-electron chi connectivity index (χ2n) is 3.11. The molecule has 0 bridgehead atoms. The highest BCUT2D eigenvalue weighted by atomic mass is 16.5. The van der Waals surface area contributed by atoms with E-state index in [0.717, 1.165) is 16.5 Å². The van der Waals surface area contributed by atoms with E-state index in [1.54, 1.807) is 0 Å². The maximum Gasteiger partial charge on any atom is 0.359 e. The predicted molar refractivity (Wildman–Crippen MR) is 63.5 cm³/mol. The molecule has 1 heterocycles. The molecule has 2 rings (SSSR count). The van der Waals surface area contributed by atoms with Crippen molar-refractivity contribution in [1.29, 1.82) is 0 Å². The normalized spacial score (nSPS) is 9.50. The van der Waals surface area contributed by atoms with Gasteiger partial charge in [-0.2, -0.15) is 5.10 Å². The van der Waals surface area contributed by atoms with Gasteiger partial charge < -0.3 is 4.74 Å². The first-order valence-corrected chi connectivity index (χ1v) is 5.25. The summed E-state index contributed by atoms with van der Waals surface area (Å²) in [5.41, 5.74) is 2.27. The fraction of sp³-hybridized carbons (Fsp3) is 0.333. The molecule has 1 N–H and O–H groups in total. The van der Waals surface area contributed by atoms with Gasteiger partial charge in [0.1, 0.15) is 0 Å². The van der Waals surface area contributed by atoms with Crippen LogP contribution >= 0.6 is 0 Å². The minimum Gasteiger partial charge on any atom is -0.464 e. The number of hydrogen-bond donors (Lipinski definition) is 1. The van der Waals surface area contributed by atoms with Crippen LogP contribution in [0.1, 0.15) is 29.9 Å². The zero-order valence-electron chi connectivity index (χ0n) is 10.00. The number of aromatic nitrogens is 2. The van der Waals surface area contributed by atoms with Crippen molar-refractivity contribution in [3.8, 4) is 0 Å². The summed E-state index contributed by atoms with van der Waals surface area (Å²) in [6.07, 6.45) is 0. The summed E-state index contributed by atoms with van der Waals surface area (Å²) < 4.78 is 4.62. The van der Waals surface area contributed by atoms with Crippen molar-refractivity contribution in [1.82, 2.24) is 10.2 Å². The lowest BCUT2D eigenvalue weighted by atomic mass is 10.1. The van der Waals surface area contributed by atoms with Gasteiger partial charge in [-0.1, -0.05) is 25.5 Å². The molecule has 16 heavy (non-hydrogen) atoms. The van der Waals surface area contributed by atoms with Gasteiger partial charge in [-0.05, 0) is 19.1 Å². The van der Waals surface area contributed by atoms with E-state index in [1.165, 1.54) is 7.11 Å². The van der Waals surface area contributed by atoms with Gasteiger partial charge in [0.05, 0.1) is 12.6 Å². The van der Waals surface area contributed by atoms with Crippen LogP contribution in [-0.4, -0.2) is 23.3 Å². The lowest BCUT2D eigenvalue weighted by Gasteiger charge is -1.95. The summed E-state index contributed by atoms with van der Waals surface area (Å²) in [6, 6.07) is 5.76. The largest absolute Gasteiger partial charge is 0.464 e. The zero-order valence-corrected chi connectivity index (χ0v) is 10.00. The van der Waals surface area contributed by atoms with Gasteiger partial charge in [0.2, 0.25) is 0 Å². The Kier molecular flexibility index (Phi) is 4.05. The highest BCUT2D eigenvalue weighted by Crippen LogP contribution is 2.17. The third-order valence-corrected chi connectivity index (χ3v) is 2.10. The molecule has 2 aromatic rings. The topological polar surface area (TPSA) is 55.0 Å². The van der Waals surface area contributed by atoms with Crippen molar-refractivity contribution in [3.05, 3.63) is 29.5 Å². The monoisotopic (exact) mass is 220 g/mol. The molecule has 0 atom stereocenters. The van der Waals surface area contributed by atoms with Crippen molar-refractivity contribution in [2.24, 2.45) is 0 Å². The zero-order chi connectivity index (χ0) is 12.1. The first-order valence-electron chi connectivity index (χ1n) is 5.25. The number of fused-ring (bicyclic) bond motifs is 1. The number of nitrogens with zero attached hydrogens (tertiary/aromatic N) is 1.